The van der Waals surface area contributed by atoms with Crippen LogP contribution in [0.25, 0.3) is 0 Å². The molecule has 1 aromatic rings. The zero-order valence-electron chi connectivity index (χ0n) is 6.82. The van der Waals surface area contributed by atoms with E-state index in [1.54, 1.807) is 6.92 Å². The normalized spacial score (nSPS) is 10.9. The lowest BCUT2D eigenvalue weighted by molar-refractivity contribution is 0.145. The van der Waals surface area contributed by atoms with Crippen LogP contribution < -0.4 is 0 Å². The van der Waals surface area contributed by atoms with E-state index in [1.807, 2.05) is 0 Å². The van der Waals surface area contributed by atoms with Crippen molar-refractivity contribution in [3.63, 3.8) is 0 Å². The van der Waals surface area contributed by atoms with Crippen LogP contribution in [0.4, 0.5) is 8.78 Å². The molecule has 0 aliphatic heterocycles. The van der Waals surface area contributed by atoms with Crippen molar-refractivity contribution >= 4 is 23.2 Å². The lowest BCUT2D eigenvalue weighted by atomic mass is 10.2. The van der Waals surface area contributed by atoms with Crippen LogP contribution in [0.2, 0.25) is 5.02 Å². The van der Waals surface area contributed by atoms with Crippen molar-refractivity contribution in [2.24, 2.45) is 0 Å². The fourth-order valence-corrected chi connectivity index (χ4v) is 1.32. The van der Waals surface area contributed by atoms with Crippen molar-refractivity contribution in [1.82, 2.24) is 4.98 Å². The summed E-state index contributed by atoms with van der Waals surface area (Å²) in [4.78, 5) is 3.68. The molecule has 72 valence electrons. The van der Waals surface area contributed by atoms with E-state index in [-0.39, 0.29) is 17.1 Å². The van der Waals surface area contributed by atoms with Crippen molar-refractivity contribution < 1.29 is 8.78 Å². The van der Waals surface area contributed by atoms with E-state index >= 15 is 0 Å². The van der Waals surface area contributed by atoms with Crippen LogP contribution in [-0.4, -0.2) is 4.98 Å². The molecule has 0 N–H and O–H groups in total. The zero-order valence-corrected chi connectivity index (χ0v) is 8.33. The second-order valence-electron chi connectivity index (χ2n) is 2.53. The summed E-state index contributed by atoms with van der Waals surface area (Å²) in [5.74, 6) is -0.00727. The van der Waals surface area contributed by atoms with Crippen LogP contribution in [-0.2, 0) is 5.88 Å². The van der Waals surface area contributed by atoms with Crippen molar-refractivity contribution in [2.45, 2.75) is 19.2 Å². The average Bonchev–Trinajstić information content (AvgIpc) is 2.08. The summed E-state index contributed by atoms with van der Waals surface area (Å²) in [5.41, 5.74) is 0.398. The lowest BCUT2D eigenvalue weighted by Gasteiger charge is -2.07. The molecule has 0 amide bonds. The molecule has 5 heteroatoms. The van der Waals surface area contributed by atoms with Gasteiger partial charge in [-0.3, -0.25) is 4.98 Å². The molecule has 0 aromatic carbocycles. The first-order chi connectivity index (χ1) is 6.06. The molecule has 1 rings (SSSR count). The summed E-state index contributed by atoms with van der Waals surface area (Å²) >= 11 is 11.2. The van der Waals surface area contributed by atoms with Crippen LogP contribution in [0.1, 0.15) is 23.4 Å². The topological polar surface area (TPSA) is 12.9 Å². The number of nitrogens with zero attached hydrogens (tertiary/aromatic N) is 1. The van der Waals surface area contributed by atoms with Crippen molar-refractivity contribution in [2.75, 3.05) is 0 Å². The molecule has 0 aliphatic rings. The van der Waals surface area contributed by atoms with Gasteiger partial charge in [0.2, 0.25) is 0 Å². The minimum atomic E-state index is -2.61. The van der Waals surface area contributed by atoms with Gasteiger partial charge in [0.1, 0.15) is 5.69 Å². The average molecular weight is 226 g/mol. The Kier molecular flexibility index (Phi) is 3.45. The molecule has 0 radical (unpaired) electrons. The van der Waals surface area contributed by atoms with Crippen molar-refractivity contribution in [1.29, 1.82) is 0 Å². The maximum atomic E-state index is 12.4. The van der Waals surface area contributed by atoms with Crippen LogP contribution >= 0.6 is 23.2 Å². The first kappa shape index (κ1) is 10.7. The highest BCUT2D eigenvalue weighted by Gasteiger charge is 2.15. The Bertz CT molecular complexity index is 315. The highest BCUT2D eigenvalue weighted by Crippen LogP contribution is 2.26. The third kappa shape index (κ3) is 2.29. The van der Waals surface area contributed by atoms with Gasteiger partial charge >= 0.3 is 0 Å². The number of hydrogen-bond donors (Lipinski definition) is 0. The number of alkyl halides is 3. The molecule has 0 unspecified atom stereocenters. The van der Waals surface area contributed by atoms with E-state index in [0.717, 1.165) is 0 Å². The number of pyridine rings is 1. The largest absolute Gasteiger partial charge is 0.280 e. The van der Waals surface area contributed by atoms with Gasteiger partial charge < -0.3 is 0 Å². The second kappa shape index (κ2) is 4.20. The Morgan fingerprint density at radius 3 is 2.62 bits per heavy atom. The van der Waals surface area contributed by atoms with Gasteiger partial charge in [0.05, 0.1) is 10.7 Å². The van der Waals surface area contributed by atoms with E-state index in [9.17, 15) is 8.78 Å². The molecule has 0 atom stereocenters. The van der Waals surface area contributed by atoms with Gasteiger partial charge in [-0.25, -0.2) is 8.78 Å². The van der Waals surface area contributed by atoms with Gasteiger partial charge in [-0.05, 0) is 18.6 Å². The standard InChI is InChI=1S/C8H7Cl2F2N/c1-4-6(10)2-5(3-9)7(13-4)8(11)12/h2,8H,3H2,1H3. The number of hydrogen-bond acceptors (Lipinski definition) is 1. The molecule has 1 heterocycles. The van der Waals surface area contributed by atoms with Crippen molar-refractivity contribution in [3.8, 4) is 0 Å². The predicted molar refractivity (Wildman–Crippen MR) is 48.5 cm³/mol. The molecule has 1 aromatic heterocycles. The van der Waals surface area contributed by atoms with Gasteiger partial charge in [0.25, 0.3) is 6.43 Å². The Balaban J connectivity index is 3.25. The minimum absolute atomic E-state index is 0.00727. The monoisotopic (exact) mass is 225 g/mol. The fraction of sp³-hybridized carbons (Fsp3) is 0.375. The van der Waals surface area contributed by atoms with Gasteiger partial charge in [-0.2, -0.15) is 0 Å². The Morgan fingerprint density at radius 1 is 1.54 bits per heavy atom. The Labute approximate surface area is 84.7 Å². The number of rotatable bonds is 2. The molecule has 0 spiro atoms. The first-order valence-corrected chi connectivity index (χ1v) is 4.47. The molecule has 0 fully saturated rings. The summed E-state index contributed by atoms with van der Waals surface area (Å²) < 4.78 is 24.7. The quantitative estimate of drug-likeness (QED) is 0.700. The summed E-state index contributed by atoms with van der Waals surface area (Å²) in [7, 11) is 0. The van der Waals surface area contributed by atoms with E-state index in [0.29, 0.717) is 10.7 Å². The SMILES string of the molecule is Cc1nc(C(F)F)c(CCl)cc1Cl. The molecule has 1 nitrogen and oxygen atoms in total. The van der Waals surface area contributed by atoms with Crippen molar-refractivity contribution in [3.05, 3.63) is 28.0 Å². The predicted octanol–water partition coefficient (Wildman–Crippen LogP) is 3.72. The highest BCUT2D eigenvalue weighted by molar-refractivity contribution is 6.31. The summed E-state index contributed by atoms with van der Waals surface area (Å²) in [6.07, 6.45) is -2.61. The van der Waals surface area contributed by atoms with E-state index in [2.05, 4.69) is 4.98 Å². The summed E-state index contributed by atoms with van der Waals surface area (Å²) in [5, 5.41) is 0.361. The van der Waals surface area contributed by atoms with Gasteiger partial charge in [0.15, 0.2) is 0 Å². The summed E-state index contributed by atoms with van der Waals surface area (Å²) in [6, 6.07) is 1.43. The van der Waals surface area contributed by atoms with Gasteiger partial charge in [-0.1, -0.05) is 11.6 Å². The molecule has 0 aliphatic carbocycles. The number of aryl methyl sites for hydroxylation is 1. The van der Waals surface area contributed by atoms with Crippen LogP contribution in [0.5, 0.6) is 0 Å². The maximum Gasteiger partial charge on any atom is 0.280 e. The van der Waals surface area contributed by atoms with E-state index in [4.69, 9.17) is 23.2 Å². The molecule has 0 bridgehead atoms. The molecule has 13 heavy (non-hydrogen) atoms. The van der Waals surface area contributed by atoms with Crippen LogP contribution in [0.3, 0.4) is 0 Å². The fourth-order valence-electron chi connectivity index (χ4n) is 0.933. The maximum absolute atomic E-state index is 12.4. The number of aromatic nitrogens is 1. The van der Waals surface area contributed by atoms with Gasteiger partial charge in [0, 0.05) is 5.88 Å². The molecule has 0 saturated heterocycles. The van der Waals surface area contributed by atoms with Crippen LogP contribution in [0.15, 0.2) is 6.07 Å². The summed E-state index contributed by atoms with van der Waals surface area (Å²) in [6.45, 7) is 1.58. The lowest BCUT2D eigenvalue weighted by Crippen LogP contribution is -1.99. The third-order valence-electron chi connectivity index (χ3n) is 1.61. The second-order valence-corrected chi connectivity index (χ2v) is 3.21. The Morgan fingerprint density at radius 2 is 2.15 bits per heavy atom. The van der Waals surface area contributed by atoms with Gasteiger partial charge in [-0.15, -0.1) is 11.6 Å². The van der Waals surface area contributed by atoms with E-state index < -0.39 is 6.43 Å². The zero-order chi connectivity index (χ0) is 10.0. The highest BCUT2D eigenvalue weighted by atomic mass is 35.5. The minimum Gasteiger partial charge on any atom is -0.250 e. The van der Waals surface area contributed by atoms with Crippen LogP contribution in [0, 0.1) is 6.92 Å². The molecular weight excluding hydrogens is 219 g/mol. The Hall–Kier alpha value is -0.410. The van der Waals surface area contributed by atoms with E-state index in [1.165, 1.54) is 6.07 Å². The number of halogens is 4. The third-order valence-corrected chi connectivity index (χ3v) is 2.28. The first-order valence-electron chi connectivity index (χ1n) is 3.56. The molecule has 0 saturated carbocycles. The molecular formula is C8H7Cl2F2N. The smallest absolute Gasteiger partial charge is 0.250 e.